The van der Waals surface area contributed by atoms with Crippen molar-refractivity contribution in [2.45, 2.75) is 57.9 Å². The molecule has 0 saturated carbocycles. The zero-order valence-corrected chi connectivity index (χ0v) is 12.6. The minimum atomic E-state index is 0.113. The molecule has 5 nitrogen and oxygen atoms in total. The molecule has 1 aromatic rings. The molecule has 0 aromatic carbocycles. The highest BCUT2D eigenvalue weighted by Gasteiger charge is 2.34. The Balaban J connectivity index is 1.61. The second-order valence-corrected chi connectivity index (χ2v) is 6.86. The Kier molecular flexibility index (Phi) is 3.65. The predicted molar refractivity (Wildman–Crippen MR) is 78.7 cm³/mol. The van der Waals surface area contributed by atoms with E-state index in [9.17, 15) is 0 Å². The molecule has 110 valence electrons. The molecule has 2 aliphatic rings. The average Bonchev–Trinajstić information content (AvgIpc) is 2.75. The van der Waals surface area contributed by atoms with E-state index in [0.29, 0.717) is 12.2 Å². The normalized spacial score (nSPS) is 26.1. The number of nitrogens with one attached hydrogen (secondary N) is 1. The van der Waals surface area contributed by atoms with Gasteiger partial charge in [-0.05, 0) is 33.6 Å². The van der Waals surface area contributed by atoms with Crippen LogP contribution in [0.3, 0.4) is 0 Å². The molecule has 5 heteroatoms. The first-order valence-electron chi connectivity index (χ1n) is 7.46. The van der Waals surface area contributed by atoms with Crippen molar-refractivity contribution in [2.24, 2.45) is 0 Å². The fourth-order valence-electron chi connectivity index (χ4n) is 2.75. The zero-order valence-electron chi connectivity index (χ0n) is 12.6. The molecule has 0 amide bonds. The quantitative estimate of drug-likeness (QED) is 0.911. The second kappa shape index (κ2) is 5.30. The second-order valence-electron chi connectivity index (χ2n) is 6.86. The molecule has 2 saturated heterocycles. The lowest BCUT2D eigenvalue weighted by molar-refractivity contribution is 0.0299. The van der Waals surface area contributed by atoms with Crippen LogP contribution in [-0.2, 0) is 11.3 Å². The van der Waals surface area contributed by atoms with Gasteiger partial charge in [0.1, 0.15) is 0 Å². The number of hydrogen-bond donors (Lipinski definition) is 1. The third-order valence-electron chi connectivity index (χ3n) is 3.84. The summed E-state index contributed by atoms with van der Waals surface area (Å²) in [6.07, 6.45) is 6.96. The number of rotatable bonds is 3. The van der Waals surface area contributed by atoms with Crippen LogP contribution in [0, 0.1) is 0 Å². The number of anilines is 1. The first-order chi connectivity index (χ1) is 9.49. The summed E-state index contributed by atoms with van der Waals surface area (Å²) >= 11 is 0. The van der Waals surface area contributed by atoms with Crippen molar-refractivity contribution in [2.75, 3.05) is 18.0 Å². The number of fused-ring (bicyclic) bond motifs is 2. The molecule has 2 bridgehead atoms. The Morgan fingerprint density at radius 2 is 1.80 bits per heavy atom. The highest BCUT2D eigenvalue weighted by Crippen LogP contribution is 2.27. The Hall–Kier alpha value is -1.20. The standard InChI is InChI=1S/C15H24N4O/c1-15(2,3)18-8-11-6-16-14(17-7-11)19-9-12-4-5-13(10-19)20-12/h6-7,12-13,18H,4-5,8-10H2,1-3H3. The topological polar surface area (TPSA) is 50.3 Å². The molecular formula is C15H24N4O. The summed E-state index contributed by atoms with van der Waals surface area (Å²) in [4.78, 5) is 11.3. The molecule has 20 heavy (non-hydrogen) atoms. The summed E-state index contributed by atoms with van der Waals surface area (Å²) < 4.78 is 5.84. The molecule has 0 spiro atoms. The SMILES string of the molecule is CC(C)(C)NCc1cnc(N2CC3CCC(C2)O3)nc1. The van der Waals surface area contributed by atoms with Gasteiger partial charge in [-0.1, -0.05) is 0 Å². The van der Waals surface area contributed by atoms with Gasteiger partial charge in [0.05, 0.1) is 12.2 Å². The number of hydrogen-bond acceptors (Lipinski definition) is 5. The van der Waals surface area contributed by atoms with Crippen LogP contribution in [0.2, 0.25) is 0 Å². The highest BCUT2D eigenvalue weighted by molar-refractivity contribution is 5.32. The van der Waals surface area contributed by atoms with Gasteiger partial charge in [0, 0.05) is 43.1 Å². The first kappa shape index (κ1) is 13.8. The first-order valence-corrected chi connectivity index (χ1v) is 7.46. The lowest BCUT2D eigenvalue weighted by Crippen LogP contribution is -2.43. The molecular weight excluding hydrogens is 252 g/mol. The van der Waals surface area contributed by atoms with E-state index in [1.165, 1.54) is 12.8 Å². The van der Waals surface area contributed by atoms with Crippen molar-refractivity contribution in [1.29, 1.82) is 0 Å². The van der Waals surface area contributed by atoms with Crippen LogP contribution < -0.4 is 10.2 Å². The van der Waals surface area contributed by atoms with Gasteiger partial charge in [0.25, 0.3) is 0 Å². The third kappa shape index (κ3) is 3.27. The van der Waals surface area contributed by atoms with Crippen LogP contribution >= 0.6 is 0 Å². The van der Waals surface area contributed by atoms with Crippen molar-refractivity contribution >= 4 is 5.95 Å². The van der Waals surface area contributed by atoms with Crippen LogP contribution in [0.4, 0.5) is 5.95 Å². The van der Waals surface area contributed by atoms with E-state index in [4.69, 9.17) is 4.74 Å². The van der Waals surface area contributed by atoms with Gasteiger partial charge in [-0.2, -0.15) is 0 Å². The summed E-state index contributed by atoms with van der Waals surface area (Å²) in [5.74, 6) is 0.838. The number of ether oxygens (including phenoxy) is 1. The van der Waals surface area contributed by atoms with E-state index < -0.39 is 0 Å². The molecule has 0 radical (unpaired) electrons. The molecule has 3 heterocycles. The number of aromatic nitrogens is 2. The van der Waals surface area contributed by atoms with Gasteiger partial charge >= 0.3 is 0 Å². The molecule has 2 aliphatic heterocycles. The molecule has 2 atom stereocenters. The van der Waals surface area contributed by atoms with Gasteiger partial charge in [0.2, 0.25) is 5.95 Å². The van der Waals surface area contributed by atoms with E-state index in [2.05, 4.69) is 41.0 Å². The van der Waals surface area contributed by atoms with Gasteiger partial charge in [-0.15, -0.1) is 0 Å². The predicted octanol–water partition coefficient (Wildman–Crippen LogP) is 1.73. The van der Waals surface area contributed by atoms with Crippen LogP contribution in [0.1, 0.15) is 39.2 Å². The molecule has 3 rings (SSSR count). The summed E-state index contributed by atoms with van der Waals surface area (Å²) in [5.41, 5.74) is 1.24. The largest absolute Gasteiger partial charge is 0.371 e. The minimum absolute atomic E-state index is 0.113. The van der Waals surface area contributed by atoms with E-state index in [1.54, 1.807) is 0 Å². The molecule has 1 N–H and O–H groups in total. The number of nitrogens with zero attached hydrogens (tertiary/aromatic N) is 3. The molecule has 1 aromatic heterocycles. The van der Waals surface area contributed by atoms with Crippen molar-refractivity contribution in [3.8, 4) is 0 Å². The average molecular weight is 276 g/mol. The van der Waals surface area contributed by atoms with Gasteiger partial charge in [0.15, 0.2) is 0 Å². The Morgan fingerprint density at radius 1 is 1.20 bits per heavy atom. The van der Waals surface area contributed by atoms with Crippen LogP contribution in [0.15, 0.2) is 12.4 Å². The lowest BCUT2D eigenvalue weighted by atomic mass is 10.1. The van der Waals surface area contributed by atoms with Crippen molar-refractivity contribution < 1.29 is 4.74 Å². The highest BCUT2D eigenvalue weighted by atomic mass is 16.5. The van der Waals surface area contributed by atoms with Gasteiger partial charge in [-0.25, -0.2) is 9.97 Å². The van der Waals surface area contributed by atoms with Gasteiger partial charge in [-0.3, -0.25) is 0 Å². The van der Waals surface area contributed by atoms with Crippen molar-refractivity contribution in [1.82, 2.24) is 15.3 Å². The molecule has 2 unspecified atom stereocenters. The van der Waals surface area contributed by atoms with Crippen LogP contribution in [0.5, 0.6) is 0 Å². The maximum atomic E-state index is 5.84. The molecule has 2 fully saturated rings. The van der Waals surface area contributed by atoms with E-state index >= 15 is 0 Å². The maximum Gasteiger partial charge on any atom is 0.225 e. The third-order valence-corrected chi connectivity index (χ3v) is 3.84. The monoisotopic (exact) mass is 276 g/mol. The smallest absolute Gasteiger partial charge is 0.225 e. The Labute approximate surface area is 120 Å². The zero-order chi connectivity index (χ0) is 14.2. The minimum Gasteiger partial charge on any atom is -0.371 e. The lowest BCUT2D eigenvalue weighted by Gasteiger charge is -2.32. The van der Waals surface area contributed by atoms with Crippen LogP contribution in [-0.4, -0.2) is 40.8 Å². The fraction of sp³-hybridized carbons (Fsp3) is 0.733. The summed E-state index contributed by atoms with van der Waals surface area (Å²) in [7, 11) is 0. The maximum absolute atomic E-state index is 5.84. The summed E-state index contributed by atoms with van der Waals surface area (Å²) in [5, 5.41) is 3.45. The fourth-order valence-corrected chi connectivity index (χ4v) is 2.75. The van der Waals surface area contributed by atoms with Crippen LogP contribution in [0.25, 0.3) is 0 Å². The molecule has 0 aliphatic carbocycles. The number of morpholine rings is 1. The Morgan fingerprint density at radius 3 is 2.35 bits per heavy atom. The van der Waals surface area contributed by atoms with Crippen molar-refractivity contribution in [3.63, 3.8) is 0 Å². The van der Waals surface area contributed by atoms with E-state index in [0.717, 1.165) is 31.1 Å². The summed E-state index contributed by atoms with van der Waals surface area (Å²) in [6, 6.07) is 0. The van der Waals surface area contributed by atoms with Crippen molar-refractivity contribution in [3.05, 3.63) is 18.0 Å². The summed E-state index contributed by atoms with van der Waals surface area (Å²) in [6.45, 7) is 9.13. The van der Waals surface area contributed by atoms with E-state index in [-0.39, 0.29) is 5.54 Å². The Bertz CT molecular complexity index is 442. The van der Waals surface area contributed by atoms with E-state index in [1.807, 2.05) is 12.4 Å². The van der Waals surface area contributed by atoms with Gasteiger partial charge < -0.3 is 15.0 Å².